The predicted octanol–water partition coefficient (Wildman–Crippen LogP) is 2.03. The molecule has 0 aromatic heterocycles. The number of carbonyl (C=O) groups is 1. The highest BCUT2D eigenvalue weighted by Gasteiger charge is 2.15. The molecular weight excluding hydrogens is 246 g/mol. The van der Waals surface area contributed by atoms with E-state index in [0.717, 1.165) is 0 Å². The van der Waals surface area contributed by atoms with Crippen LogP contribution in [-0.4, -0.2) is 16.9 Å². The van der Waals surface area contributed by atoms with Crippen molar-refractivity contribution in [3.63, 3.8) is 0 Å². The molecule has 0 fully saturated rings. The number of para-hydroxylation sites is 1. The Bertz CT molecular complexity index is 571. The molecule has 0 saturated heterocycles. The van der Waals surface area contributed by atoms with E-state index in [2.05, 4.69) is 5.32 Å². The van der Waals surface area contributed by atoms with Crippen LogP contribution in [0.2, 0.25) is 0 Å². The highest BCUT2D eigenvalue weighted by atomic mass is 16.6. The molecule has 98 valence electrons. The van der Waals surface area contributed by atoms with Crippen molar-refractivity contribution < 1.29 is 9.72 Å². The van der Waals surface area contributed by atoms with Gasteiger partial charge in [-0.1, -0.05) is 12.1 Å². The van der Waals surface area contributed by atoms with E-state index in [4.69, 9.17) is 5.26 Å². The van der Waals surface area contributed by atoms with Gasteiger partial charge in [-0.15, -0.1) is 0 Å². The fraction of sp³-hybridized carbons (Fsp3) is 0.231. The Morgan fingerprint density at radius 2 is 2.11 bits per heavy atom. The summed E-state index contributed by atoms with van der Waals surface area (Å²) in [7, 11) is 0. The first-order valence-corrected chi connectivity index (χ1v) is 5.61. The lowest BCUT2D eigenvalue weighted by Crippen LogP contribution is -2.30. The Labute approximate surface area is 110 Å². The smallest absolute Gasteiger partial charge is 0.276 e. The van der Waals surface area contributed by atoms with Crippen LogP contribution in [0.1, 0.15) is 19.4 Å². The molecule has 6 nitrogen and oxygen atoms in total. The second-order valence-corrected chi connectivity index (χ2v) is 4.11. The molecule has 0 unspecified atom stereocenters. The molecule has 0 aliphatic carbocycles. The summed E-state index contributed by atoms with van der Waals surface area (Å²) < 4.78 is 0. The van der Waals surface area contributed by atoms with Gasteiger partial charge in [0, 0.05) is 12.1 Å². The normalized spacial score (nSPS) is 10.9. The number of nitriles is 1. The van der Waals surface area contributed by atoms with Gasteiger partial charge in [0.15, 0.2) is 0 Å². The van der Waals surface area contributed by atoms with Crippen LogP contribution in [0.25, 0.3) is 6.08 Å². The third-order valence-corrected chi connectivity index (χ3v) is 2.22. The van der Waals surface area contributed by atoms with Crippen LogP contribution in [0, 0.1) is 21.4 Å². The standard InChI is InChI=1S/C13H13N3O3/c1-9(2)15-13(17)11(8-14)7-10-5-3-4-6-12(10)16(18)19/h3-7,9H,1-2H3,(H,15,17)/b11-7+. The lowest BCUT2D eigenvalue weighted by molar-refractivity contribution is -0.385. The van der Waals surface area contributed by atoms with Crippen molar-refractivity contribution in [2.45, 2.75) is 19.9 Å². The van der Waals surface area contributed by atoms with E-state index in [1.54, 1.807) is 26.0 Å². The molecule has 0 atom stereocenters. The molecule has 0 spiro atoms. The average Bonchev–Trinajstić information content (AvgIpc) is 2.35. The first-order chi connectivity index (χ1) is 8.95. The Kier molecular flexibility index (Phi) is 4.77. The molecule has 1 rings (SSSR count). The van der Waals surface area contributed by atoms with Crippen molar-refractivity contribution in [3.8, 4) is 6.07 Å². The number of nitrogens with zero attached hydrogens (tertiary/aromatic N) is 2. The van der Waals surface area contributed by atoms with Crippen molar-refractivity contribution in [2.75, 3.05) is 0 Å². The van der Waals surface area contributed by atoms with Crippen LogP contribution < -0.4 is 5.32 Å². The molecule has 0 bridgehead atoms. The molecule has 1 aromatic rings. The van der Waals surface area contributed by atoms with Crippen LogP contribution in [0.5, 0.6) is 0 Å². The Balaban J connectivity index is 3.16. The van der Waals surface area contributed by atoms with E-state index >= 15 is 0 Å². The Hall–Kier alpha value is -2.68. The zero-order chi connectivity index (χ0) is 14.4. The van der Waals surface area contributed by atoms with Gasteiger partial charge in [-0.25, -0.2) is 0 Å². The molecule has 19 heavy (non-hydrogen) atoms. The van der Waals surface area contributed by atoms with Crippen LogP contribution in [0.3, 0.4) is 0 Å². The third kappa shape index (κ3) is 3.92. The van der Waals surface area contributed by atoms with E-state index < -0.39 is 10.8 Å². The SMILES string of the molecule is CC(C)NC(=O)/C(C#N)=C/c1ccccc1[N+](=O)[O-]. The largest absolute Gasteiger partial charge is 0.349 e. The predicted molar refractivity (Wildman–Crippen MR) is 70.0 cm³/mol. The molecule has 0 saturated carbocycles. The zero-order valence-corrected chi connectivity index (χ0v) is 10.6. The summed E-state index contributed by atoms with van der Waals surface area (Å²) in [6.45, 7) is 3.52. The molecule has 6 heteroatoms. The van der Waals surface area contributed by atoms with Gasteiger partial charge in [0.25, 0.3) is 11.6 Å². The number of carbonyl (C=O) groups excluding carboxylic acids is 1. The van der Waals surface area contributed by atoms with Gasteiger partial charge in [0.1, 0.15) is 11.6 Å². The van der Waals surface area contributed by atoms with Gasteiger partial charge in [-0.3, -0.25) is 14.9 Å². The van der Waals surface area contributed by atoms with Gasteiger partial charge in [-0.2, -0.15) is 5.26 Å². The van der Waals surface area contributed by atoms with Gasteiger partial charge in [0.05, 0.1) is 10.5 Å². The molecule has 1 N–H and O–H groups in total. The minimum absolute atomic E-state index is 0.116. The Morgan fingerprint density at radius 1 is 1.47 bits per heavy atom. The number of hydrogen-bond acceptors (Lipinski definition) is 4. The quantitative estimate of drug-likeness (QED) is 0.387. The molecule has 0 radical (unpaired) electrons. The average molecular weight is 259 g/mol. The summed E-state index contributed by atoms with van der Waals surface area (Å²) in [5.41, 5.74) is -0.0847. The van der Waals surface area contributed by atoms with E-state index in [0.29, 0.717) is 0 Å². The van der Waals surface area contributed by atoms with Crippen molar-refractivity contribution in [1.82, 2.24) is 5.32 Å². The fourth-order valence-corrected chi connectivity index (χ4v) is 1.42. The summed E-state index contributed by atoms with van der Waals surface area (Å²) in [6.07, 6.45) is 1.22. The van der Waals surface area contributed by atoms with Crippen LogP contribution in [0.4, 0.5) is 5.69 Å². The zero-order valence-electron chi connectivity index (χ0n) is 10.6. The highest BCUT2D eigenvalue weighted by molar-refractivity contribution is 6.02. The minimum atomic E-state index is -0.554. The highest BCUT2D eigenvalue weighted by Crippen LogP contribution is 2.20. The second-order valence-electron chi connectivity index (χ2n) is 4.11. The van der Waals surface area contributed by atoms with E-state index in [1.807, 2.05) is 0 Å². The van der Waals surface area contributed by atoms with Gasteiger partial charge < -0.3 is 5.32 Å². The first-order valence-electron chi connectivity index (χ1n) is 5.61. The maximum Gasteiger partial charge on any atom is 0.276 e. The van der Waals surface area contributed by atoms with Crippen molar-refractivity contribution in [3.05, 3.63) is 45.5 Å². The van der Waals surface area contributed by atoms with E-state index in [9.17, 15) is 14.9 Å². The van der Waals surface area contributed by atoms with Gasteiger partial charge in [-0.05, 0) is 26.0 Å². The Morgan fingerprint density at radius 3 is 2.63 bits per heavy atom. The first kappa shape index (κ1) is 14.4. The lowest BCUT2D eigenvalue weighted by Gasteiger charge is -2.06. The molecule has 1 amide bonds. The van der Waals surface area contributed by atoms with Crippen molar-refractivity contribution in [1.29, 1.82) is 5.26 Å². The molecule has 0 aliphatic rings. The number of benzene rings is 1. The van der Waals surface area contributed by atoms with Crippen LogP contribution in [-0.2, 0) is 4.79 Å². The number of nitrogens with one attached hydrogen (secondary N) is 1. The van der Waals surface area contributed by atoms with Crippen molar-refractivity contribution in [2.24, 2.45) is 0 Å². The minimum Gasteiger partial charge on any atom is -0.349 e. The van der Waals surface area contributed by atoms with Crippen molar-refractivity contribution >= 4 is 17.7 Å². The number of amides is 1. The summed E-state index contributed by atoms with van der Waals surface area (Å²) in [4.78, 5) is 22.0. The van der Waals surface area contributed by atoms with Crippen LogP contribution >= 0.6 is 0 Å². The number of rotatable bonds is 4. The van der Waals surface area contributed by atoms with Gasteiger partial charge in [0.2, 0.25) is 0 Å². The third-order valence-electron chi connectivity index (χ3n) is 2.22. The molecule has 1 aromatic carbocycles. The maximum absolute atomic E-state index is 11.7. The maximum atomic E-state index is 11.7. The summed E-state index contributed by atoms with van der Waals surface area (Å²) in [5, 5.41) is 22.3. The number of hydrogen-bond donors (Lipinski definition) is 1. The number of nitro groups is 1. The van der Waals surface area contributed by atoms with Gasteiger partial charge >= 0.3 is 0 Å². The topological polar surface area (TPSA) is 96.0 Å². The van der Waals surface area contributed by atoms with E-state index in [-0.39, 0.29) is 22.9 Å². The van der Waals surface area contributed by atoms with Crippen LogP contribution in [0.15, 0.2) is 29.8 Å². The molecular formula is C13H13N3O3. The lowest BCUT2D eigenvalue weighted by atomic mass is 10.1. The monoisotopic (exact) mass is 259 g/mol. The second kappa shape index (κ2) is 6.31. The fourth-order valence-electron chi connectivity index (χ4n) is 1.42. The van der Waals surface area contributed by atoms with E-state index in [1.165, 1.54) is 24.3 Å². The summed E-state index contributed by atoms with van der Waals surface area (Å²) in [5.74, 6) is -0.546. The number of nitro benzene ring substituents is 1. The summed E-state index contributed by atoms with van der Waals surface area (Å²) >= 11 is 0. The molecule has 0 aliphatic heterocycles. The summed E-state index contributed by atoms with van der Waals surface area (Å²) in [6, 6.07) is 7.57. The molecule has 0 heterocycles.